The molecule has 1 aromatic carbocycles. The van der Waals surface area contributed by atoms with Crippen molar-refractivity contribution < 1.29 is 23.8 Å². The topological polar surface area (TPSA) is 85.9 Å². The van der Waals surface area contributed by atoms with Crippen LogP contribution in [0.1, 0.15) is 11.7 Å². The Bertz CT molecular complexity index is 732. The molecule has 0 fully saturated rings. The molecule has 1 aliphatic heterocycles. The number of hydrogen-bond donors (Lipinski definition) is 2. The lowest BCUT2D eigenvalue weighted by molar-refractivity contribution is -0.136. The molecule has 126 valence electrons. The standard InChI is InChI=1S/C16H16N2O5S/c1-21-14(10-4-5-24-8-10)7-17-15(19)16(20)18-11-2-3-12-13(6-11)23-9-22-12/h2-6,8,14H,7,9H2,1H3,(H,17,19)(H,18,20)/t14-/m0/s1. The highest BCUT2D eigenvalue weighted by Crippen LogP contribution is 2.34. The van der Waals surface area contributed by atoms with Crippen LogP contribution in [-0.2, 0) is 14.3 Å². The third-order valence-electron chi connectivity index (χ3n) is 3.48. The third-order valence-corrected chi connectivity index (χ3v) is 4.19. The van der Waals surface area contributed by atoms with Gasteiger partial charge in [-0.1, -0.05) is 0 Å². The lowest BCUT2D eigenvalue weighted by atomic mass is 10.2. The molecule has 7 nitrogen and oxygen atoms in total. The molecule has 8 heteroatoms. The number of nitrogens with one attached hydrogen (secondary N) is 2. The average molecular weight is 348 g/mol. The van der Waals surface area contributed by atoms with Crippen LogP contribution < -0.4 is 20.1 Å². The highest BCUT2D eigenvalue weighted by Gasteiger charge is 2.19. The maximum absolute atomic E-state index is 12.0. The van der Waals surface area contributed by atoms with Gasteiger partial charge in [-0.05, 0) is 34.5 Å². The van der Waals surface area contributed by atoms with Crippen LogP contribution in [0.2, 0.25) is 0 Å². The second-order valence-electron chi connectivity index (χ2n) is 5.01. The molecule has 2 aromatic rings. The van der Waals surface area contributed by atoms with Gasteiger partial charge in [0.15, 0.2) is 11.5 Å². The molecule has 0 saturated heterocycles. The Balaban J connectivity index is 1.54. The van der Waals surface area contributed by atoms with Gasteiger partial charge in [-0.3, -0.25) is 9.59 Å². The Labute approximate surface area is 142 Å². The van der Waals surface area contributed by atoms with Gasteiger partial charge in [-0.15, -0.1) is 0 Å². The Morgan fingerprint density at radius 3 is 2.83 bits per heavy atom. The van der Waals surface area contributed by atoms with Crippen molar-refractivity contribution in [2.24, 2.45) is 0 Å². The molecule has 24 heavy (non-hydrogen) atoms. The first-order valence-corrected chi connectivity index (χ1v) is 8.15. The number of thiophene rings is 1. The van der Waals surface area contributed by atoms with E-state index in [0.29, 0.717) is 17.2 Å². The first-order chi connectivity index (χ1) is 11.7. The zero-order valence-electron chi connectivity index (χ0n) is 12.9. The third kappa shape index (κ3) is 3.66. The van der Waals surface area contributed by atoms with Crippen LogP contribution in [0, 0.1) is 0 Å². The zero-order valence-corrected chi connectivity index (χ0v) is 13.7. The van der Waals surface area contributed by atoms with E-state index in [-0.39, 0.29) is 19.4 Å². The van der Waals surface area contributed by atoms with Gasteiger partial charge in [0.25, 0.3) is 0 Å². The maximum Gasteiger partial charge on any atom is 0.313 e. The molecular weight excluding hydrogens is 332 g/mol. The number of benzene rings is 1. The molecule has 0 radical (unpaired) electrons. The Morgan fingerprint density at radius 2 is 2.08 bits per heavy atom. The molecular formula is C16H16N2O5S. The van der Waals surface area contributed by atoms with Crippen LogP contribution >= 0.6 is 11.3 Å². The van der Waals surface area contributed by atoms with Crippen molar-refractivity contribution in [3.05, 3.63) is 40.6 Å². The number of rotatable bonds is 5. The molecule has 0 spiro atoms. The van der Waals surface area contributed by atoms with Gasteiger partial charge in [-0.25, -0.2) is 0 Å². The molecule has 0 bridgehead atoms. The van der Waals surface area contributed by atoms with E-state index in [2.05, 4.69) is 10.6 Å². The van der Waals surface area contributed by atoms with Crippen molar-refractivity contribution in [1.29, 1.82) is 0 Å². The largest absolute Gasteiger partial charge is 0.454 e. The van der Waals surface area contributed by atoms with Crippen molar-refractivity contribution in [3.63, 3.8) is 0 Å². The first kappa shape index (κ1) is 16.3. The van der Waals surface area contributed by atoms with Crippen LogP contribution in [0.3, 0.4) is 0 Å². The minimum atomic E-state index is -0.756. The Hall–Kier alpha value is -2.58. The summed E-state index contributed by atoms with van der Waals surface area (Å²) >= 11 is 1.54. The molecule has 2 heterocycles. The number of amides is 2. The second-order valence-corrected chi connectivity index (χ2v) is 5.79. The van der Waals surface area contributed by atoms with Crippen LogP contribution in [0.25, 0.3) is 0 Å². The molecule has 2 amide bonds. The van der Waals surface area contributed by atoms with Gasteiger partial charge in [0.1, 0.15) is 6.10 Å². The molecule has 3 rings (SSSR count). The van der Waals surface area contributed by atoms with Crippen molar-refractivity contribution in [2.75, 3.05) is 25.8 Å². The predicted molar refractivity (Wildman–Crippen MR) is 88.3 cm³/mol. The van der Waals surface area contributed by atoms with E-state index >= 15 is 0 Å². The number of anilines is 1. The summed E-state index contributed by atoms with van der Waals surface area (Å²) in [7, 11) is 1.56. The monoisotopic (exact) mass is 348 g/mol. The normalized spacial score (nSPS) is 13.4. The van der Waals surface area contributed by atoms with Crippen LogP contribution in [0.4, 0.5) is 5.69 Å². The number of fused-ring (bicyclic) bond motifs is 1. The van der Waals surface area contributed by atoms with E-state index in [1.165, 1.54) is 0 Å². The van der Waals surface area contributed by atoms with E-state index in [9.17, 15) is 9.59 Å². The minimum absolute atomic E-state index is 0.147. The fraction of sp³-hybridized carbons (Fsp3) is 0.250. The summed E-state index contributed by atoms with van der Waals surface area (Å²) in [4.78, 5) is 23.9. The van der Waals surface area contributed by atoms with Crippen LogP contribution in [0.5, 0.6) is 11.5 Å². The van der Waals surface area contributed by atoms with Gasteiger partial charge in [-0.2, -0.15) is 11.3 Å². The summed E-state index contributed by atoms with van der Waals surface area (Å²) in [6, 6.07) is 6.84. The molecule has 0 saturated carbocycles. The van der Waals surface area contributed by atoms with Gasteiger partial charge < -0.3 is 24.8 Å². The quantitative estimate of drug-likeness (QED) is 0.807. The lowest BCUT2D eigenvalue weighted by Gasteiger charge is -2.14. The summed E-state index contributed by atoms with van der Waals surface area (Å²) in [5.74, 6) is -0.347. The van der Waals surface area contributed by atoms with E-state index in [1.54, 1.807) is 36.6 Å². The highest BCUT2D eigenvalue weighted by molar-refractivity contribution is 7.07. The number of ether oxygens (including phenoxy) is 3. The maximum atomic E-state index is 12.0. The lowest BCUT2D eigenvalue weighted by Crippen LogP contribution is -2.37. The fourth-order valence-corrected chi connectivity index (χ4v) is 2.93. The number of methoxy groups -OCH3 is 1. The first-order valence-electron chi connectivity index (χ1n) is 7.21. The Morgan fingerprint density at radius 1 is 1.25 bits per heavy atom. The molecule has 1 aliphatic rings. The van der Waals surface area contributed by atoms with Crippen molar-refractivity contribution in [3.8, 4) is 11.5 Å². The smallest absolute Gasteiger partial charge is 0.313 e. The zero-order chi connectivity index (χ0) is 16.9. The van der Waals surface area contributed by atoms with Crippen LogP contribution in [-0.4, -0.2) is 32.3 Å². The Kier molecular flexibility index (Phi) is 4.97. The van der Waals surface area contributed by atoms with Gasteiger partial charge in [0.05, 0.1) is 0 Å². The summed E-state index contributed by atoms with van der Waals surface area (Å²) < 4.78 is 15.7. The summed E-state index contributed by atoms with van der Waals surface area (Å²) in [5.41, 5.74) is 1.42. The van der Waals surface area contributed by atoms with E-state index in [0.717, 1.165) is 5.56 Å². The van der Waals surface area contributed by atoms with E-state index in [1.807, 2.05) is 16.8 Å². The highest BCUT2D eigenvalue weighted by atomic mass is 32.1. The van der Waals surface area contributed by atoms with Crippen LogP contribution in [0.15, 0.2) is 35.0 Å². The summed E-state index contributed by atoms with van der Waals surface area (Å²) in [6.07, 6.45) is -0.293. The molecule has 0 unspecified atom stereocenters. The second kappa shape index (κ2) is 7.33. The minimum Gasteiger partial charge on any atom is -0.454 e. The summed E-state index contributed by atoms with van der Waals surface area (Å²) in [5, 5.41) is 8.95. The van der Waals surface area contributed by atoms with E-state index < -0.39 is 11.8 Å². The average Bonchev–Trinajstić information content (AvgIpc) is 3.26. The summed E-state index contributed by atoms with van der Waals surface area (Å²) in [6.45, 7) is 0.356. The SMILES string of the molecule is CO[C@@H](CNC(=O)C(=O)Nc1ccc2c(c1)OCO2)c1ccsc1. The van der Waals surface area contributed by atoms with Gasteiger partial charge in [0.2, 0.25) is 6.79 Å². The fourth-order valence-electron chi connectivity index (χ4n) is 2.22. The van der Waals surface area contributed by atoms with Crippen molar-refractivity contribution in [1.82, 2.24) is 5.32 Å². The molecule has 1 atom stereocenters. The molecule has 1 aromatic heterocycles. The molecule has 2 N–H and O–H groups in total. The van der Waals surface area contributed by atoms with Crippen molar-refractivity contribution in [2.45, 2.75) is 6.10 Å². The van der Waals surface area contributed by atoms with Gasteiger partial charge >= 0.3 is 11.8 Å². The number of carbonyl (C=O) groups is 2. The van der Waals surface area contributed by atoms with Gasteiger partial charge in [0, 0.05) is 25.4 Å². The van der Waals surface area contributed by atoms with Crippen molar-refractivity contribution >= 4 is 28.8 Å². The number of hydrogen-bond acceptors (Lipinski definition) is 6. The number of carbonyl (C=O) groups excluding carboxylic acids is 2. The predicted octanol–water partition coefficient (Wildman–Crippen LogP) is 1.92. The van der Waals surface area contributed by atoms with E-state index in [4.69, 9.17) is 14.2 Å². The molecule has 0 aliphatic carbocycles.